The van der Waals surface area contributed by atoms with Crippen LogP contribution in [0.15, 0.2) is 67.2 Å². The maximum absolute atomic E-state index is 9.10. The average Bonchev–Trinajstić information content (AvgIpc) is 3.58. The third kappa shape index (κ3) is 22.1. The Labute approximate surface area is 328 Å². The summed E-state index contributed by atoms with van der Waals surface area (Å²) in [5.41, 5.74) is 3.09. The molecule has 6 N–H and O–H groups in total. The lowest BCUT2D eigenvalue weighted by atomic mass is 9.34. The van der Waals surface area contributed by atoms with Crippen LogP contribution >= 0.6 is 0 Å². The van der Waals surface area contributed by atoms with Crippen molar-refractivity contribution in [3.05, 3.63) is 89.4 Å². The minimum absolute atomic E-state index is 0. The Bertz CT molecular complexity index is 1260. The molecule has 3 aliphatic rings. The van der Waals surface area contributed by atoms with Crippen LogP contribution in [0.25, 0.3) is 6.08 Å². The van der Waals surface area contributed by atoms with Gasteiger partial charge in [-0.2, -0.15) is 0 Å². The molecule has 0 spiro atoms. The quantitative estimate of drug-likeness (QED) is 0.157. The van der Waals surface area contributed by atoms with E-state index in [0.717, 1.165) is 30.8 Å². The van der Waals surface area contributed by atoms with Crippen molar-refractivity contribution in [2.75, 3.05) is 13.2 Å². The summed E-state index contributed by atoms with van der Waals surface area (Å²) in [5.74, 6) is 4.77. The highest BCUT2D eigenvalue weighted by atomic mass is 16.3. The highest BCUT2D eigenvalue weighted by molar-refractivity contribution is 6.61. The summed E-state index contributed by atoms with van der Waals surface area (Å²) in [6.07, 6.45) is 8.35. The molecule has 0 bridgehead atoms. The SMILES string of the molecule is C.C.C1=Cc2ccccc2C1.C=CB(C)C.CB(C)C1CC2Cc3ccccc3C21.CC(C)(CO)CO.CC(C)(O)C(C)(C)O.CC(O)CC(C)(C)O. The summed E-state index contributed by atoms with van der Waals surface area (Å²) in [4.78, 5) is 0. The van der Waals surface area contributed by atoms with Crippen LogP contribution in [0.1, 0.15) is 118 Å². The highest BCUT2D eigenvalue weighted by Gasteiger charge is 2.47. The lowest BCUT2D eigenvalue weighted by molar-refractivity contribution is -0.107. The van der Waals surface area contributed by atoms with Gasteiger partial charge in [-0.05, 0) is 95.4 Å². The molecule has 8 heteroatoms. The minimum atomic E-state index is -1.01. The van der Waals surface area contributed by atoms with E-state index in [2.05, 4.69) is 94.6 Å². The fraction of sp³-hybridized carbons (Fsp3) is 0.644. The summed E-state index contributed by atoms with van der Waals surface area (Å²) in [7, 11) is 0. The number of aliphatic hydroxyl groups is 6. The maximum atomic E-state index is 9.10. The fourth-order valence-electron chi connectivity index (χ4n) is 5.47. The normalized spacial score (nSPS) is 17.9. The van der Waals surface area contributed by atoms with E-state index in [4.69, 9.17) is 30.6 Å². The van der Waals surface area contributed by atoms with Crippen LogP contribution in [0.4, 0.5) is 0 Å². The Hall–Kier alpha value is -2.19. The van der Waals surface area contributed by atoms with Crippen molar-refractivity contribution in [3.8, 4) is 0 Å². The van der Waals surface area contributed by atoms with Crippen molar-refractivity contribution in [3.63, 3.8) is 0 Å². The maximum Gasteiger partial charge on any atom is 0.159 e. The van der Waals surface area contributed by atoms with Crippen molar-refractivity contribution in [2.24, 2.45) is 11.3 Å². The molecule has 0 aromatic heterocycles. The van der Waals surface area contributed by atoms with Gasteiger partial charge in [0, 0.05) is 11.8 Å². The number of allylic oxidation sites excluding steroid dienone is 1. The Kier molecular flexibility index (Phi) is 26.1. The van der Waals surface area contributed by atoms with E-state index < -0.39 is 22.9 Å². The van der Waals surface area contributed by atoms with Crippen LogP contribution in [0.2, 0.25) is 33.1 Å². The van der Waals surface area contributed by atoms with Gasteiger partial charge in [-0.25, -0.2) is 0 Å². The van der Waals surface area contributed by atoms with Gasteiger partial charge in [0.25, 0.3) is 0 Å². The summed E-state index contributed by atoms with van der Waals surface area (Å²) in [5, 5.41) is 52.8. The predicted molar refractivity (Wildman–Crippen MR) is 236 cm³/mol. The molecule has 0 amide bonds. The molecular formula is C45H82B2O6. The van der Waals surface area contributed by atoms with E-state index in [1.165, 1.54) is 24.0 Å². The molecule has 2 aromatic rings. The predicted octanol–water partition coefficient (Wildman–Crippen LogP) is 9.52. The molecule has 0 saturated heterocycles. The highest BCUT2D eigenvalue weighted by Crippen LogP contribution is 2.59. The van der Waals surface area contributed by atoms with Crippen LogP contribution in [0.5, 0.6) is 0 Å². The van der Waals surface area contributed by atoms with Gasteiger partial charge in [-0.3, -0.25) is 0 Å². The van der Waals surface area contributed by atoms with E-state index in [0.29, 0.717) is 13.1 Å². The summed E-state index contributed by atoms with van der Waals surface area (Å²) in [6.45, 7) is 29.1. The third-order valence-electron chi connectivity index (χ3n) is 9.61. The van der Waals surface area contributed by atoms with Gasteiger partial charge in [-0.15, -0.1) is 12.6 Å². The van der Waals surface area contributed by atoms with Crippen LogP contribution in [0, 0.1) is 11.3 Å². The van der Waals surface area contributed by atoms with Gasteiger partial charge in [-0.1, -0.05) is 129 Å². The van der Waals surface area contributed by atoms with E-state index in [1.54, 1.807) is 73.4 Å². The second-order valence-electron chi connectivity index (χ2n) is 17.6. The second kappa shape index (κ2) is 25.1. The van der Waals surface area contributed by atoms with Crippen molar-refractivity contribution in [2.45, 2.75) is 165 Å². The molecule has 0 radical (unpaired) electrons. The average molecular weight is 741 g/mol. The first kappa shape index (κ1) is 55.1. The van der Waals surface area contributed by atoms with Crippen LogP contribution < -0.4 is 0 Å². The summed E-state index contributed by atoms with van der Waals surface area (Å²) >= 11 is 0. The summed E-state index contributed by atoms with van der Waals surface area (Å²) < 4.78 is 0. The van der Waals surface area contributed by atoms with E-state index in [-0.39, 0.29) is 33.5 Å². The first-order chi connectivity index (χ1) is 23.3. The van der Waals surface area contributed by atoms with Gasteiger partial charge in [0.15, 0.2) is 6.71 Å². The molecule has 4 atom stereocenters. The zero-order valence-corrected chi connectivity index (χ0v) is 34.4. The number of benzene rings is 2. The molecule has 2 aromatic carbocycles. The van der Waals surface area contributed by atoms with Gasteiger partial charge in [0.05, 0.1) is 36.1 Å². The van der Waals surface area contributed by atoms with Crippen LogP contribution in [0.3, 0.4) is 0 Å². The molecule has 5 rings (SSSR count). The number of hydrogen-bond donors (Lipinski definition) is 6. The largest absolute Gasteiger partial charge is 0.396 e. The van der Waals surface area contributed by atoms with Crippen molar-refractivity contribution in [1.82, 2.24) is 0 Å². The van der Waals surface area contributed by atoms with E-state index in [1.807, 2.05) is 5.98 Å². The number of aliphatic hydroxyl groups excluding tert-OH is 3. The van der Waals surface area contributed by atoms with Gasteiger partial charge < -0.3 is 30.6 Å². The van der Waals surface area contributed by atoms with E-state index >= 15 is 0 Å². The van der Waals surface area contributed by atoms with Crippen molar-refractivity contribution < 1.29 is 30.6 Å². The Balaban J connectivity index is -0.000000581. The minimum Gasteiger partial charge on any atom is -0.396 e. The zero-order valence-electron chi connectivity index (χ0n) is 34.4. The molecule has 1 saturated carbocycles. The van der Waals surface area contributed by atoms with Gasteiger partial charge in [0.1, 0.15) is 6.71 Å². The number of hydrogen-bond acceptors (Lipinski definition) is 6. The van der Waals surface area contributed by atoms with Crippen LogP contribution in [-0.4, -0.2) is 80.2 Å². The molecule has 1 fully saturated rings. The van der Waals surface area contributed by atoms with Crippen molar-refractivity contribution in [1.29, 1.82) is 0 Å². The second-order valence-corrected chi connectivity index (χ2v) is 17.6. The monoisotopic (exact) mass is 741 g/mol. The number of rotatable bonds is 7. The van der Waals surface area contributed by atoms with Crippen LogP contribution in [-0.2, 0) is 12.8 Å². The number of fused-ring (bicyclic) bond motifs is 4. The lowest BCUT2D eigenvalue weighted by Crippen LogP contribution is -2.44. The first-order valence-electron chi connectivity index (χ1n) is 18.8. The molecule has 304 valence electrons. The molecular weight excluding hydrogens is 658 g/mol. The molecule has 6 nitrogen and oxygen atoms in total. The Morgan fingerprint density at radius 2 is 1.25 bits per heavy atom. The van der Waals surface area contributed by atoms with E-state index in [9.17, 15) is 0 Å². The molecule has 0 heterocycles. The molecule has 53 heavy (non-hydrogen) atoms. The summed E-state index contributed by atoms with van der Waals surface area (Å²) in [6, 6.07) is 17.6. The topological polar surface area (TPSA) is 121 Å². The molecule has 3 aliphatic carbocycles. The third-order valence-corrected chi connectivity index (χ3v) is 9.61. The Morgan fingerprint density at radius 3 is 1.58 bits per heavy atom. The Morgan fingerprint density at radius 1 is 0.792 bits per heavy atom. The fourth-order valence-corrected chi connectivity index (χ4v) is 5.47. The first-order valence-corrected chi connectivity index (χ1v) is 18.8. The van der Waals surface area contributed by atoms with Gasteiger partial charge >= 0.3 is 0 Å². The smallest absolute Gasteiger partial charge is 0.159 e. The zero-order chi connectivity index (χ0) is 39.8. The lowest BCUT2D eigenvalue weighted by Gasteiger charge is -2.43. The van der Waals surface area contributed by atoms with Gasteiger partial charge in [0.2, 0.25) is 0 Å². The standard InChI is InChI=1S/C13H17B.C9H8.2C6H14O2.C5H12O2.C4H9B.2CH4/c1-14(2)12-8-10-7-9-5-3-4-6-11(9)13(10)12;1-2-5-9-7-3-6-8(9)4-1;1-5(7)4-6(2,3)8;1-5(2,7)6(3,4)8;1-5(2,3-6)4-7;1-4-5(2)3;;/h3-6,10,12-13H,7-8H2,1-2H3;1-6H,7H2;5,7-8H,4H2,1-3H3;7-8H,1-4H3;6-7H,3-4H2,1-2H3;4H,1H2,2-3H3;2*1H4. The molecule has 4 unspecified atom stereocenters. The van der Waals surface area contributed by atoms with Crippen molar-refractivity contribution >= 4 is 19.5 Å². The molecule has 0 aliphatic heterocycles.